The first kappa shape index (κ1) is 17.2. The monoisotopic (exact) mass is 387 g/mol. The van der Waals surface area contributed by atoms with Crippen LogP contribution in [0.3, 0.4) is 0 Å². The summed E-state index contributed by atoms with van der Waals surface area (Å²) >= 11 is 15.0. The maximum absolute atomic E-state index is 12.1. The Morgan fingerprint density at radius 3 is 2.32 bits per heavy atom. The lowest BCUT2D eigenvalue weighted by molar-refractivity contribution is 0.483. The summed E-state index contributed by atoms with van der Waals surface area (Å²) in [4.78, 5) is 0.0960. The van der Waals surface area contributed by atoms with Crippen LogP contribution in [0.2, 0.25) is 10.0 Å². The quantitative estimate of drug-likeness (QED) is 0.715. The van der Waals surface area contributed by atoms with Gasteiger partial charge in [-0.25, -0.2) is 13.1 Å². The average Bonchev–Trinajstić information content (AvgIpc) is 2.33. The van der Waals surface area contributed by atoms with E-state index in [1.54, 1.807) is 0 Å². The number of nitrogens with one attached hydrogen (secondary N) is 1. The van der Waals surface area contributed by atoms with Gasteiger partial charge in [0.15, 0.2) is 0 Å². The molecular formula is C12H16BrCl2NO2S. The van der Waals surface area contributed by atoms with E-state index in [0.29, 0.717) is 22.5 Å². The summed E-state index contributed by atoms with van der Waals surface area (Å²) in [6.07, 6.45) is 1.85. The second kappa shape index (κ2) is 7.84. The fraction of sp³-hybridized carbons (Fsp3) is 0.500. The van der Waals surface area contributed by atoms with Crippen molar-refractivity contribution in [3.05, 3.63) is 28.2 Å². The van der Waals surface area contributed by atoms with E-state index in [-0.39, 0.29) is 4.90 Å². The van der Waals surface area contributed by atoms with Gasteiger partial charge in [0.25, 0.3) is 0 Å². The molecule has 1 atom stereocenters. The molecule has 0 aliphatic carbocycles. The summed E-state index contributed by atoms with van der Waals surface area (Å²) in [5, 5.41) is 1.47. The zero-order valence-corrected chi connectivity index (χ0v) is 14.4. The van der Waals surface area contributed by atoms with Crippen molar-refractivity contribution < 1.29 is 8.42 Å². The standard InChI is InChI=1S/C12H16BrCl2NO2S/c1-2-9(3-4-13)8-16-19(17,18)12-6-10(14)5-11(15)7-12/h5-7,9,16H,2-4,8H2,1H3. The predicted octanol–water partition coefficient (Wildman–Crippen LogP) is 4.08. The van der Waals surface area contributed by atoms with Crippen LogP contribution in [0.5, 0.6) is 0 Å². The van der Waals surface area contributed by atoms with Gasteiger partial charge >= 0.3 is 0 Å². The van der Waals surface area contributed by atoms with Crippen LogP contribution >= 0.6 is 39.1 Å². The molecule has 19 heavy (non-hydrogen) atoms. The van der Waals surface area contributed by atoms with Gasteiger partial charge in [-0.05, 0) is 30.5 Å². The molecule has 1 aromatic rings. The second-order valence-corrected chi connectivity index (χ2v) is 7.64. The van der Waals surface area contributed by atoms with Gasteiger partial charge in [-0.15, -0.1) is 0 Å². The highest BCUT2D eigenvalue weighted by atomic mass is 79.9. The Kier molecular flexibility index (Phi) is 7.11. The minimum atomic E-state index is -3.56. The highest BCUT2D eigenvalue weighted by molar-refractivity contribution is 9.09. The van der Waals surface area contributed by atoms with Crippen LogP contribution in [0.4, 0.5) is 0 Å². The fourth-order valence-electron chi connectivity index (χ4n) is 1.60. The first-order chi connectivity index (χ1) is 8.89. The Labute approximate surface area is 132 Å². The van der Waals surface area contributed by atoms with E-state index in [4.69, 9.17) is 23.2 Å². The molecule has 3 nitrogen and oxygen atoms in total. The van der Waals surface area contributed by atoms with E-state index in [2.05, 4.69) is 20.7 Å². The molecule has 1 unspecified atom stereocenters. The van der Waals surface area contributed by atoms with Crippen molar-refractivity contribution in [2.24, 2.45) is 5.92 Å². The summed E-state index contributed by atoms with van der Waals surface area (Å²) in [5.74, 6) is 0.309. The average molecular weight is 389 g/mol. The van der Waals surface area contributed by atoms with Crippen LogP contribution in [0.1, 0.15) is 19.8 Å². The third-order valence-corrected chi connectivity index (χ3v) is 5.10. The fourth-order valence-corrected chi connectivity index (χ4v) is 4.09. The molecule has 0 aliphatic rings. The van der Waals surface area contributed by atoms with Gasteiger partial charge in [0.2, 0.25) is 10.0 Å². The molecule has 7 heteroatoms. The Bertz CT molecular complexity index is 502. The number of sulfonamides is 1. The van der Waals surface area contributed by atoms with Crippen LogP contribution in [0.15, 0.2) is 23.1 Å². The lowest BCUT2D eigenvalue weighted by Crippen LogP contribution is -2.29. The summed E-state index contributed by atoms with van der Waals surface area (Å²) in [6.45, 7) is 2.45. The third kappa shape index (κ3) is 5.60. The molecule has 0 fully saturated rings. The first-order valence-corrected chi connectivity index (χ1v) is 9.26. The largest absolute Gasteiger partial charge is 0.240 e. The SMILES string of the molecule is CCC(CCBr)CNS(=O)(=O)c1cc(Cl)cc(Cl)c1. The molecular weight excluding hydrogens is 373 g/mol. The summed E-state index contributed by atoms with van der Waals surface area (Å²) in [6, 6.07) is 4.28. The van der Waals surface area contributed by atoms with Gasteiger partial charge in [0.1, 0.15) is 0 Å². The molecule has 0 saturated carbocycles. The summed E-state index contributed by atoms with van der Waals surface area (Å²) in [7, 11) is -3.56. The number of benzene rings is 1. The zero-order chi connectivity index (χ0) is 14.5. The van der Waals surface area contributed by atoms with Crippen LogP contribution in [-0.4, -0.2) is 20.3 Å². The van der Waals surface area contributed by atoms with Crippen molar-refractivity contribution in [1.29, 1.82) is 0 Å². The topological polar surface area (TPSA) is 46.2 Å². The maximum Gasteiger partial charge on any atom is 0.240 e. The van der Waals surface area contributed by atoms with E-state index >= 15 is 0 Å². The molecule has 0 spiro atoms. The van der Waals surface area contributed by atoms with Crippen molar-refractivity contribution in [3.8, 4) is 0 Å². The van der Waals surface area contributed by atoms with Crippen molar-refractivity contribution in [2.75, 3.05) is 11.9 Å². The van der Waals surface area contributed by atoms with Gasteiger partial charge < -0.3 is 0 Å². The number of hydrogen-bond acceptors (Lipinski definition) is 2. The Morgan fingerprint density at radius 1 is 1.26 bits per heavy atom. The highest BCUT2D eigenvalue weighted by Gasteiger charge is 2.17. The smallest absolute Gasteiger partial charge is 0.211 e. The van der Waals surface area contributed by atoms with Crippen molar-refractivity contribution in [3.63, 3.8) is 0 Å². The molecule has 0 aromatic heterocycles. The van der Waals surface area contributed by atoms with E-state index in [9.17, 15) is 8.42 Å². The summed E-state index contributed by atoms with van der Waals surface area (Å²) in [5.41, 5.74) is 0. The molecule has 1 N–H and O–H groups in total. The van der Waals surface area contributed by atoms with Gasteiger partial charge in [0, 0.05) is 21.9 Å². The first-order valence-electron chi connectivity index (χ1n) is 5.90. The molecule has 0 radical (unpaired) electrons. The van der Waals surface area contributed by atoms with Gasteiger partial charge in [0.05, 0.1) is 4.90 Å². The molecule has 0 saturated heterocycles. The molecule has 0 heterocycles. The van der Waals surface area contributed by atoms with E-state index in [0.717, 1.165) is 18.2 Å². The van der Waals surface area contributed by atoms with Gasteiger partial charge in [-0.3, -0.25) is 0 Å². The van der Waals surface area contributed by atoms with Crippen molar-refractivity contribution in [1.82, 2.24) is 4.72 Å². The highest BCUT2D eigenvalue weighted by Crippen LogP contribution is 2.22. The van der Waals surface area contributed by atoms with Crippen molar-refractivity contribution >= 4 is 49.2 Å². The van der Waals surface area contributed by atoms with E-state index in [1.807, 2.05) is 6.92 Å². The molecule has 1 aromatic carbocycles. The molecule has 1 rings (SSSR count). The normalized spacial score (nSPS) is 13.5. The van der Waals surface area contributed by atoms with E-state index in [1.165, 1.54) is 18.2 Å². The van der Waals surface area contributed by atoms with Crippen LogP contribution in [0, 0.1) is 5.92 Å². The van der Waals surface area contributed by atoms with E-state index < -0.39 is 10.0 Å². The lowest BCUT2D eigenvalue weighted by Gasteiger charge is -2.14. The van der Waals surface area contributed by atoms with Crippen molar-refractivity contribution in [2.45, 2.75) is 24.7 Å². The third-order valence-electron chi connectivity index (χ3n) is 2.80. The maximum atomic E-state index is 12.1. The summed E-state index contributed by atoms with van der Waals surface area (Å²) < 4.78 is 26.8. The van der Waals surface area contributed by atoms with Gasteiger partial charge in [-0.2, -0.15) is 0 Å². The Hall–Kier alpha value is 0.190. The number of halogens is 3. The Balaban J connectivity index is 2.80. The van der Waals surface area contributed by atoms with Crippen LogP contribution in [0.25, 0.3) is 0 Å². The number of alkyl halides is 1. The molecule has 0 amide bonds. The second-order valence-electron chi connectivity index (χ2n) is 4.21. The van der Waals surface area contributed by atoms with Crippen LogP contribution in [-0.2, 0) is 10.0 Å². The molecule has 0 aliphatic heterocycles. The lowest BCUT2D eigenvalue weighted by atomic mass is 10.0. The Morgan fingerprint density at radius 2 is 1.84 bits per heavy atom. The molecule has 108 valence electrons. The molecule has 0 bridgehead atoms. The number of rotatable bonds is 7. The number of hydrogen-bond donors (Lipinski definition) is 1. The van der Waals surface area contributed by atoms with Crippen LogP contribution < -0.4 is 4.72 Å². The zero-order valence-electron chi connectivity index (χ0n) is 10.5. The minimum absolute atomic E-state index is 0.0960. The predicted molar refractivity (Wildman–Crippen MR) is 83.8 cm³/mol. The van der Waals surface area contributed by atoms with Gasteiger partial charge in [-0.1, -0.05) is 52.5 Å². The minimum Gasteiger partial charge on any atom is -0.211 e.